The van der Waals surface area contributed by atoms with Crippen molar-refractivity contribution in [3.8, 4) is 0 Å². The van der Waals surface area contributed by atoms with Gasteiger partial charge in [0.05, 0.1) is 12.5 Å². The number of rotatable bonds is 6. The molecule has 2 amide bonds. The van der Waals surface area contributed by atoms with Crippen molar-refractivity contribution in [2.75, 3.05) is 5.32 Å². The van der Waals surface area contributed by atoms with E-state index in [-0.39, 0.29) is 24.0 Å². The molecule has 5 nitrogen and oxygen atoms in total. The molecule has 28 heavy (non-hydrogen) atoms. The molecule has 1 aliphatic rings. The van der Waals surface area contributed by atoms with E-state index in [0.29, 0.717) is 23.5 Å². The molecule has 2 aromatic rings. The van der Waals surface area contributed by atoms with Crippen molar-refractivity contribution in [2.45, 2.75) is 26.8 Å². The first-order valence-corrected chi connectivity index (χ1v) is 9.78. The number of nitrogens with zero attached hydrogens (tertiary/aromatic N) is 1. The molecule has 0 spiro atoms. The molecule has 1 unspecified atom stereocenters. The smallest absolute Gasteiger partial charge is 0.235 e. The normalized spacial score (nSPS) is 16.5. The third-order valence-electron chi connectivity index (χ3n) is 4.79. The van der Waals surface area contributed by atoms with E-state index in [4.69, 9.17) is 0 Å². The van der Waals surface area contributed by atoms with Gasteiger partial charge in [-0.2, -0.15) is 0 Å². The summed E-state index contributed by atoms with van der Waals surface area (Å²) in [5, 5.41) is 2.79. The lowest BCUT2D eigenvalue weighted by molar-refractivity contribution is -0.133. The molecule has 0 bridgehead atoms. The Hall–Kier alpha value is -2.73. The first-order chi connectivity index (χ1) is 13.4. The molecule has 0 radical (unpaired) electrons. The molecule has 0 saturated carbocycles. The Morgan fingerprint density at radius 2 is 1.71 bits per heavy atom. The zero-order valence-electron chi connectivity index (χ0n) is 15.7. The van der Waals surface area contributed by atoms with Crippen LogP contribution in [0.15, 0.2) is 70.3 Å². The molecule has 0 saturated heterocycles. The molecule has 0 aromatic heterocycles. The number of allylic oxidation sites excluding steroid dienone is 1. The number of Topliss-reactive ketones (excluding diaryl/α,β-unsaturated/α-hetero) is 1. The fraction of sp³-hybridized carbons (Fsp3) is 0.227. The summed E-state index contributed by atoms with van der Waals surface area (Å²) >= 11 is 3.35. The second kappa shape index (κ2) is 8.52. The van der Waals surface area contributed by atoms with E-state index in [1.54, 1.807) is 24.0 Å². The topological polar surface area (TPSA) is 66.5 Å². The van der Waals surface area contributed by atoms with Gasteiger partial charge in [0, 0.05) is 27.9 Å². The van der Waals surface area contributed by atoms with Crippen molar-refractivity contribution in [3.05, 3.63) is 75.9 Å². The molecule has 0 fully saturated rings. The van der Waals surface area contributed by atoms with Crippen LogP contribution in [0.1, 0.15) is 25.8 Å². The summed E-state index contributed by atoms with van der Waals surface area (Å²) < 4.78 is 0.908. The number of ketones is 1. The number of hydrogen-bond acceptors (Lipinski definition) is 3. The standard InChI is InChI=1S/C22H21BrN2O3/c1-14-21(15(2)26)19(12-20(27)24-18-10-8-17(23)9-11-18)22(28)25(14)13-16-6-4-3-5-7-16/h3-11,19H,12-13H2,1-2H3,(H,24,27). The van der Waals surface area contributed by atoms with Crippen LogP contribution < -0.4 is 5.32 Å². The molecule has 3 rings (SSSR count). The number of hydrogen-bond donors (Lipinski definition) is 1. The highest BCUT2D eigenvalue weighted by Gasteiger charge is 2.40. The number of carbonyl (C=O) groups excluding carboxylic acids is 3. The predicted molar refractivity (Wildman–Crippen MR) is 111 cm³/mol. The van der Waals surface area contributed by atoms with Crippen LogP contribution in [0, 0.1) is 5.92 Å². The lowest BCUT2D eigenvalue weighted by Gasteiger charge is -2.19. The Morgan fingerprint density at radius 3 is 2.32 bits per heavy atom. The fourth-order valence-corrected chi connectivity index (χ4v) is 3.72. The van der Waals surface area contributed by atoms with E-state index < -0.39 is 5.92 Å². The van der Waals surface area contributed by atoms with Gasteiger partial charge in [0.2, 0.25) is 11.8 Å². The molecule has 144 valence electrons. The molecular formula is C22H21BrN2O3. The summed E-state index contributed by atoms with van der Waals surface area (Å²) in [7, 11) is 0. The summed E-state index contributed by atoms with van der Waals surface area (Å²) in [6.07, 6.45) is -0.0631. The van der Waals surface area contributed by atoms with E-state index in [0.717, 1.165) is 10.0 Å². The van der Waals surface area contributed by atoms with Crippen molar-refractivity contribution in [1.29, 1.82) is 0 Å². The van der Waals surface area contributed by atoms with Gasteiger partial charge in [0.25, 0.3) is 0 Å². The molecule has 1 N–H and O–H groups in total. The summed E-state index contributed by atoms with van der Waals surface area (Å²) in [5.74, 6) is -1.44. The number of halogens is 1. The van der Waals surface area contributed by atoms with E-state index in [2.05, 4.69) is 21.2 Å². The van der Waals surface area contributed by atoms with Crippen LogP contribution in [0.3, 0.4) is 0 Å². The van der Waals surface area contributed by atoms with Gasteiger partial charge in [-0.25, -0.2) is 0 Å². The van der Waals surface area contributed by atoms with Gasteiger partial charge < -0.3 is 10.2 Å². The van der Waals surface area contributed by atoms with E-state index >= 15 is 0 Å². The third-order valence-corrected chi connectivity index (χ3v) is 5.32. The average molecular weight is 441 g/mol. The van der Waals surface area contributed by atoms with Gasteiger partial charge in [-0.1, -0.05) is 46.3 Å². The first-order valence-electron chi connectivity index (χ1n) is 8.99. The van der Waals surface area contributed by atoms with Crippen LogP contribution >= 0.6 is 15.9 Å². The molecule has 0 aliphatic carbocycles. The Morgan fingerprint density at radius 1 is 1.07 bits per heavy atom. The Kier molecular flexibility index (Phi) is 6.09. The average Bonchev–Trinajstić information content (AvgIpc) is 2.89. The van der Waals surface area contributed by atoms with Crippen LogP contribution in [-0.2, 0) is 20.9 Å². The zero-order valence-corrected chi connectivity index (χ0v) is 17.3. The highest BCUT2D eigenvalue weighted by Crippen LogP contribution is 2.34. The van der Waals surface area contributed by atoms with Crippen LogP contribution in [0.4, 0.5) is 5.69 Å². The summed E-state index contributed by atoms with van der Waals surface area (Å²) in [4.78, 5) is 39.3. The molecular weight excluding hydrogens is 420 g/mol. The predicted octanol–water partition coefficient (Wildman–Crippen LogP) is 4.30. The number of anilines is 1. The fourth-order valence-electron chi connectivity index (χ4n) is 3.46. The maximum absolute atomic E-state index is 13.0. The van der Waals surface area contributed by atoms with Crippen molar-refractivity contribution >= 4 is 39.2 Å². The monoisotopic (exact) mass is 440 g/mol. The summed E-state index contributed by atoms with van der Waals surface area (Å²) in [6, 6.07) is 16.8. The van der Waals surface area contributed by atoms with Gasteiger partial charge in [-0.3, -0.25) is 14.4 Å². The minimum atomic E-state index is -0.753. The van der Waals surface area contributed by atoms with Gasteiger partial charge in [-0.15, -0.1) is 0 Å². The maximum atomic E-state index is 13.0. The molecule has 6 heteroatoms. The van der Waals surface area contributed by atoms with Gasteiger partial charge in [0.15, 0.2) is 5.78 Å². The number of benzene rings is 2. The largest absolute Gasteiger partial charge is 0.326 e. The lowest BCUT2D eigenvalue weighted by atomic mass is 9.93. The Bertz CT molecular complexity index is 936. The first kappa shape index (κ1) is 20.0. The number of nitrogens with one attached hydrogen (secondary N) is 1. The van der Waals surface area contributed by atoms with E-state index in [1.165, 1.54) is 6.92 Å². The maximum Gasteiger partial charge on any atom is 0.235 e. The van der Waals surface area contributed by atoms with Crippen molar-refractivity contribution < 1.29 is 14.4 Å². The SMILES string of the molecule is CC(=O)C1=C(C)N(Cc2ccccc2)C(=O)C1CC(=O)Nc1ccc(Br)cc1. The highest BCUT2D eigenvalue weighted by molar-refractivity contribution is 9.10. The summed E-state index contributed by atoms with van der Waals surface area (Å²) in [6.45, 7) is 3.59. The highest BCUT2D eigenvalue weighted by atomic mass is 79.9. The van der Waals surface area contributed by atoms with Crippen LogP contribution in [0.5, 0.6) is 0 Å². The van der Waals surface area contributed by atoms with Crippen molar-refractivity contribution in [1.82, 2.24) is 4.90 Å². The summed E-state index contributed by atoms with van der Waals surface area (Å²) in [5.41, 5.74) is 2.66. The molecule has 1 heterocycles. The quantitative estimate of drug-likeness (QED) is 0.727. The second-order valence-corrected chi connectivity index (χ2v) is 7.69. The molecule has 1 aliphatic heterocycles. The van der Waals surface area contributed by atoms with Crippen LogP contribution in [0.25, 0.3) is 0 Å². The third kappa shape index (κ3) is 4.39. The molecule has 2 aromatic carbocycles. The number of amides is 2. The van der Waals surface area contributed by atoms with Gasteiger partial charge in [-0.05, 0) is 43.7 Å². The van der Waals surface area contributed by atoms with Gasteiger partial charge in [0.1, 0.15) is 0 Å². The minimum absolute atomic E-state index is 0.0631. The van der Waals surface area contributed by atoms with Crippen molar-refractivity contribution in [2.24, 2.45) is 5.92 Å². The van der Waals surface area contributed by atoms with Gasteiger partial charge >= 0.3 is 0 Å². The Labute approximate surface area is 172 Å². The van der Waals surface area contributed by atoms with Crippen LogP contribution in [0.2, 0.25) is 0 Å². The zero-order chi connectivity index (χ0) is 20.3. The second-order valence-electron chi connectivity index (χ2n) is 6.78. The van der Waals surface area contributed by atoms with Crippen molar-refractivity contribution in [3.63, 3.8) is 0 Å². The van der Waals surface area contributed by atoms with E-state index in [1.807, 2.05) is 42.5 Å². The number of carbonyl (C=O) groups is 3. The van der Waals surface area contributed by atoms with Crippen LogP contribution in [-0.4, -0.2) is 22.5 Å². The Balaban J connectivity index is 1.77. The molecule has 1 atom stereocenters. The minimum Gasteiger partial charge on any atom is -0.326 e. The lowest BCUT2D eigenvalue weighted by Crippen LogP contribution is -2.30. The van der Waals surface area contributed by atoms with E-state index in [9.17, 15) is 14.4 Å².